The first-order valence-corrected chi connectivity index (χ1v) is 12.0. The normalized spacial score (nSPS) is 23.1. The minimum Gasteiger partial charge on any atom is -0.357 e. The third-order valence-electron chi connectivity index (χ3n) is 6.81. The number of fused-ring (bicyclic) bond motifs is 2. The summed E-state index contributed by atoms with van der Waals surface area (Å²) in [5, 5.41) is 13.4. The molecule has 31 heavy (non-hydrogen) atoms. The summed E-state index contributed by atoms with van der Waals surface area (Å²) >= 11 is 0. The summed E-state index contributed by atoms with van der Waals surface area (Å²) in [4.78, 5) is 6.69. The Morgan fingerprint density at radius 3 is 2.48 bits per heavy atom. The standard InChI is InChI=1S/C23H25N5O2S/c1-15-3-5-21(6-4-15)31(29,30)28-22(10-17-7-16(11-24)12-26-23(17)28)27(2)20-8-18-13-25-14-19(18)9-20/h3-7,10,12,18-20,25H,8-9,13-14H2,1-2H3/t18-,19+,20?. The molecule has 1 aromatic carbocycles. The molecule has 8 heteroatoms. The molecule has 0 spiro atoms. The highest BCUT2D eigenvalue weighted by Crippen LogP contribution is 2.40. The Morgan fingerprint density at radius 2 is 1.84 bits per heavy atom. The number of nitrogens with one attached hydrogen (secondary N) is 1. The Hall–Kier alpha value is -2.89. The second-order valence-corrected chi connectivity index (χ2v) is 10.5. The fourth-order valence-corrected chi connectivity index (χ4v) is 6.55. The molecule has 2 aliphatic rings. The highest BCUT2D eigenvalue weighted by Gasteiger charge is 2.40. The van der Waals surface area contributed by atoms with Gasteiger partial charge in [0.1, 0.15) is 11.9 Å². The lowest BCUT2D eigenvalue weighted by molar-refractivity contribution is 0.494. The van der Waals surface area contributed by atoms with E-state index in [4.69, 9.17) is 0 Å². The average molecular weight is 436 g/mol. The van der Waals surface area contributed by atoms with E-state index in [0.29, 0.717) is 34.3 Å². The van der Waals surface area contributed by atoms with Crippen LogP contribution in [-0.4, -0.2) is 43.6 Å². The molecule has 1 saturated heterocycles. The monoisotopic (exact) mass is 435 g/mol. The van der Waals surface area contributed by atoms with Crippen LogP contribution in [0.4, 0.5) is 5.82 Å². The summed E-state index contributed by atoms with van der Waals surface area (Å²) in [5.74, 6) is 1.88. The third kappa shape index (κ3) is 3.29. The van der Waals surface area contributed by atoms with E-state index < -0.39 is 10.0 Å². The van der Waals surface area contributed by atoms with E-state index in [1.165, 1.54) is 10.2 Å². The van der Waals surface area contributed by atoms with Crippen LogP contribution in [0.1, 0.15) is 24.0 Å². The molecule has 0 bridgehead atoms. The largest absolute Gasteiger partial charge is 0.357 e. The minimum absolute atomic E-state index is 0.226. The predicted octanol–water partition coefficient (Wildman–Crippen LogP) is 2.89. The summed E-state index contributed by atoms with van der Waals surface area (Å²) in [5.41, 5.74) is 1.76. The topological polar surface area (TPSA) is 91.0 Å². The maximum Gasteiger partial charge on any atom is 0.271 e. The first-order valence-electron chi connectivity index (χ1n) is 10.6. The summed E-state index contributed by atoms with van der Waals surface area (Å²) in [6.07, 6.45) is 3.51. The number of nitriles is 1. The Bertz CT molecular complexity index is 1280. The quantitative estimate of drug-likeness (QED) is 0.678. The van der Waals surface area contributed by atoms with Crippen molar-refractivity contribution >= 4 is 26.9 Å². The van der Waals surface area contributed by atoms with E-state index in [1.807, 2.05) is 20.0 Å². The summed E-state index contributed by atoms with van der Waals surface area (Å²) < 4.78 is 28.8. The number of aromatic nitrogens is 2. The molecule has 1 aliphatic carbocycles. The van der Waals surface area contributed by atoms with Gasteiger partial charge in [0.25, 0.3) is 10.0 Å². The fourth-order valence-electron chi connectivity index (χ4n) is 5.05. The van der Waals surface area contributed by atoms with Crippen molar-refractivity contribution in [1.29, 1.82) is 5.26 Å². The van der Waals surface area contributed by atoms with Crippen molar-refractivity contribution in [3.8, 4) is 6.07 Å². The molecular weight excluding hydrogens is 410 g/mol. The van der Waals surface area contributed by atoms with Gasteiger partial charge >= 0.3 is 0 Å². The molecule has 1 saturated carbocycles. The van der Waals surface area contributed by atoms with Crippen LogP contribution >= 0.6 is 0 Å². The number of pyridine rings is 1. The van der Waals surface area contributed by atoms with Gasteiger partial charge in [0.05, 0.1) is 10.5 Å². The van der Waals surface area contributed by atoms with E-state index in [2.05, 4.69) is 21.3 Å². The van der Waals surface area contributed by atoms with Crippen molar-refractivity contribution in [2.24, 2.45) is 11.8 Å². The van der Waals surface area contributed by atoms with Gasteiger partial charge in [0, 0.05) is 24.7 Å². The smallest absolute Gasteiger partial charge is 0.271 e. The van der Waals surface area contributed by atoms with Crippen molar-refractivity contribution in [2.45, 2.75) is 30.7 Å². The maximum absolute atomic E-state index is 13.7. The van der Waals surface area contributed by atoms with Gasteiger partial charge in [-0.2, -0.15) is 5.26 Å². The third-order valence-corrected chi connectivity index (χ3v) is 8.52. The van der Waals surface area contributed by atoms with Crippen molar-refractivity contribution in [3.05, 3.63) is 53.7 Å². The van der Waals surface area contributed by atoms with E-state index in [1.54, 1.807) is 30.3 Å². The SMILES string of the molecule is Cc1ccc(S(=O)(=O)n2c(N(C)C3C[C@H]4CNC[C@H]4C3)cc3cc(C#N)cnc32)cc1. The number of hydrogen-bond acceptors (Lipinski definition) is 6. The van der Waals surface area contributed by atoms with Crippen LogP contribution in [0.5, 0.6) is 0 Å². The first kappa shape index (κ1) is 20.0. The molecule has 3 aromatic rings. The van der Waals surface area contributed by atoms with Gasteiger partial charge in [-0.3, -0.25) is 0 Å². The second kappa shape index (κ2) is 7.36. The van der Waals surface area contributed by atoms with E-state index in [-0.39, 0.29) is 10.9 Å². The second-order valence-electron chi connectivity index (χ2n) is 8.75. The molecular formula is C23H25N5O2S. The zero-order valence-corrected chi connectivity index (χ0v) is 18.4. The predicted molar refractivity (Wildman–Crippen MR) is 119 cm³/mol. The molecule has 1 unspecified atom stereocenters. The number of benzene rings is 1. The van der Waals surface area contributed by atoms with E-state index >= 15 is 0 Å². The van der Waals surface area contributed by atoms with E-state index in [0.717, 1.165) is 31.5 Å². The van der Waals surface area contributed by atoms with Gasteiger partial charge in [-0.05, 0) is 69.0 Å². The van der Waals surface area contributed by atoms with Gasteiger partial charge in [0.2, 0.25) is 0 Å². The molecule has 1 N–H and O–H groups in total. The Kier molecular flexibility index (Phi) is 4.76. The molecule has 1 aliphatic heterocycles. The highest BCUT2D eigenvalue weighted by atomic mass is 32.2. The van der Waals surface area contributed by atoms with Crippen LogP contribution in [0.25, 0.3) is 11.0 Å². The molecule has 3 atom stereocenters. The van der Waals surface area contributed by atoms with Crippen LogP contribution in [0, 0.1) is 30.1 Å². The van der Waals surface area contributed by atoms with Gasteiger partial charge < -0.3 is 10.2 Å². The average Bonchev–Trinajstić information content (AvgIpc) is 3.46. The van der Waals surface area contributed by atoms with E-state index in [9.17, 15) is 13.7 Å². The zero-order valence-electron chi connectivity index (χ0n) is 17.6. The fraction of sp³-hybridized carbons (Fsp3) is 0.391. The number of hydrogen-bond donors (Lipinski definition) is 1. The molecule has 0 radical (unpaired) electrons. The molecule has 5 rings (SSSR count). The van der Waals surface area contributed by atoms with Crippen LogP contribution in [0.3, 0.4) is 0 Å². The molecule has 3 heterocycles. The van der Waals surface area contributed by atoms with Crippen molar-refractivity contribution in [1.82, 2.24) is 14.3 Å². The van der Waals surface area contributed by atoms with Gasteiger partial charge in [-0.25, -0.2) is 17.4 Å². The Morgan fingerprint density at radius 1 is 1.16 bits per heavy atom. The van der Waals surface area contributed by atoms with Gasteiger partial charge in [-0.1, -0.05) is 17.7 Å². The maximum atomic E-state index is 13.7. The summed E-state index contributed by atoms with van der Waals surface area (Å²) in [6.45, 7) is 4.00. The summed E-state index contributed by atoms with van der Waals surface area (Å²) in [6, 6.07) is 12.8. The number of nitrogens with zero attached hydrogens (tertiary/aromatic N) is 4. The molecule has 0 amide bonds. The Balaban J connectivity index is 1.65. The highest BCUT2D eigenvalue weighted by molar-refractivity contribution is 7.90. The molecule has 7 nitrogen and oxygen atoms in total. The number of aryl methyl sites for hydroxylation is 1. The van der Waals surface area contributed by atoms with Crippen LogP contribution in [0.15, 0.2) is 47.5 Å². The lowest BCUT2D eigenvalue weighted by atomic mass is 10.0. The number of anilines is 1. The van der Waals surface area contributed by atoms with Gasteiger partial charge in [0.15, 0.2) is 5.65 Å². The summed E-state index contributed by atoms with van der Waals surface area (Å²) in [7, 11) is -1.89. The van der Waals surface area contributed by atoms with Crippen molar-refractivity contribution in [2.75, 3.05) is 25.0 Å². The van der Waals surface area contributed by atoms with Gasteiger partial charge in [-0.15, -0.1) is 0 Å². The minimum atomic E-state index is -3.87. The van der Waals surface area contributed by atoms with Crippen molar-refractivity contribution < 1.29 is 8.42 Å². The van der Waals surface area contributed by atoms with Crippen molar-refractivity contribution in [3.63, 3.8) is 0 Å². The molecule has 160 valence electrons. The van der Waals surface area contributed by atoms with Crippen LogP contribution in [0.2, 0.25) is 0 Å². The lowest BCUT2D eigenvalue weighted by Crippen LogP contribution is -2.33. The zero-order chi connectivity index (χ0) is 21.8. The number of rotatable bonds is 4. The molecule has 2 fully saturated rings. The van der Waals surface area contributed by atoms with Crippen LogP contribution < -0.4 is 10.2 Å². The lowest BCUT2D eigenvalue weighted by Gasteiger charge is -2.28. The Labute approximate surface area is 182 Å². The molecule has 2 aromatic heterocycles. The van der Waals surface area contributed by atoms with Crippen LogP contribution in [-0.2, 0) is 10.0 Å². The first-order chi connectivity index (χ1) is 14.9.